The van der Waals surface area contributed by atoms with Gasteiger partial charge in [-0.1, -0.05) is 17.9 Å². The van der Waals surface area contributed by atoms with Crippen molar-refractivity contribution in [2.75, 3.05) is 18.5 Å². The van der Waals surface area contributed by atoms with Gasteiger partial charge in [0.15, 0.2) is 0 Å². The van der Waals surface area contributed by atoms with Crippen LogP contribution in [0, 0.1) is 18.8 Å². The normalized spacial score (nSPS) is 8.88. The fourth-order valence-corrected chi connectivity index (χ4v) is 1.02. The number of urea groups is 1. The minimum absolute atomic E-state index is 0.193. The van der Waals surface area contributed by atoms with Crippen LogP contribution in [0.15, 0.2) is 18.2 Å². The van der Waals surface area contributed by atoms with E-state index in [-0.39, 0.29) is 19.2 Å². The van der Waals surface area contributed by atoms with E-state index in [1.54, 1.807) is 6.07 Å². The van der Waals surface area contributed by atoms with Gasteiger partial charge in [-0.05, 0) is 19.1 Å². The summed E-state index contributed by atoms with van der Waals surface area (Å²) in [6, 6.07) is 4.98. The summed E-state index contributed by atoms with van der Waals surface area (Å²) in [7, 11) is 0. The van der Waals surface area contributed by atoms with Crippen LogP contribution in [0.25, 0.3) is 0 Å². The van der Waals surface area contributed by atoms with Crippen LogP contribution in [0.1, 0.15) is 5.69 Å². The first kappa shape index (κ1) is 12.0. The van der Waals surface area contributed by atoms with Gasteiger partial charge in [0.2, 0.25) is 0 Å². The Morgan fingerprint density at radius 1 is 1.50 bits per heavy atom. The van der Waals surface area contributed by atoms with Crippen molar-refractivity contribution in [3.63, 3.8) is 0 Å². The van der Waals surface area contributed by atoms with Gasteiger partial charge >= 0.3 is 6.03 Å². The first-order valence-electron chi connectivity index (χ1n) is 4.77. The fraction of sp³-hybridized carbons (Fsp3) is 0.273. The number of aromatic nitrogens is 1. The van der Waals surface area contributed by atoms with Crippen LogP contribution < -0.4 is 10.6 Å². The number of aliphatic hydroxyl groups is 1. The SMILES string of the molecule is Cc1cccc(NC(=O)NCC#CCO)n1. The topological polar surface area (TPSA) is 74.2 Å². The zero-order valence-corrected chi connectivity index (χ0v) is 8.95. The van der Waals surface area contributed by atoms with E-state index in [1.165, 1.54) is 0 Å². The van der Waals surface area contributed by atoms with E-state index in [2.05, 4.69) is 27.5 Å². The number of aryl methyl sites for hydroxylation is 1. The van der Waals surface area contributed by atoms with Crippen LogP contribution in [0.4, 0.5) is 10.6 Å². The number of pyridine rings is 1. The van der Waals surface area contributed by atoms with E-state index in [4.69, 9.17) is 5.11 Å². The summed E-state index contributed by atoms with van der Waals surface area (Å²) in [4.78, 5) is 15.4. The highest BCUT2D eigenvalue weighted by atomic mass is 16.2. The van der Waals surface area contributed by atoms with Crippen molar-refractivity contribution in [2.45, 2.75) is 6.92 Å². The van der Waals surface area contributed by atoms with Gasteiger partial charge in [-0.3, -0.25) is 5.32 Å². The Kier molecular flexibility index (Phi) is 4.83. The maximum Gasteiger partial charge on any atom is 0.321 e. The highest BCUT2D eigenvalue weighted by molar-refractivity contribution is 5.88. The molecular formula is C11H13N3O2. The molecule has 1 rings (SSSR count). The van der Waals surface area contributed by atoms with Crippen LogP contribution in [-0.2, 0) is 0 Å². The monoisotopic (exact) mass is 219 g/mol. The van der Waals surface area contributed by atoms with Crippen molar-refractivity contribution in [1.29, 1.82) is 0 Å². The molecule has 84 valence electrons. The van der Waals surface area contributed by atoms with Crippen LogP contribution in [0.5, 0.6) is 0 Å². The predicted octanol–water partition coefficient (Wildman–Crippen LogP) is 0.507. The molecule has 0 saturated carbocycles. The van der Waals surface area contributed by atoms with Gasteiger partial charge in [0.1, 0.15) is 12.4 Å². The maximum atomic E-state index is 11.3. The van der Waals surface area contributed by atoms with Crippen LogP contribution in [0.3, 0.4) is 0 Å². The molecule has 0 atom stereocenters. The molecule has 16 heavy (non-hydrogen) atoms. The van der Waals surface area contributed by atoms with Gasteiger partial charge in [0, 0.05) is 5.69 Å². The molecule has 5 heteroatoms. The molecule has 1 heterocycles. The first-order chi connectivity index (χ1) is 7.72. The molecule has 0 aromatic carbocycles. The molecule has 0 spiro atoms. The van der Waals surface area contributed by atoms with E-state index in [0.29, 0.717) is 5.82 Å². The summed E-state index contributed by atoms with van der Waals surface area (Å²) in [5, 5.41) is 13.5. The third-order valence-corrected chi connectivity index (χ3v) is 1.67. The van der Waals surface area contributed by atoms with E-state index in [9.17, 15) is 4.79 Å². The van der Waals surface area contributed by atoms with Crippen molar-refractivity contribution in [1.82, 2.24) is 10.3 Å². The average molecular weight is 219 g/mol. The molecule has 0 bridgehead atoms. The highest BCUT2D eigenvalue weighted by Gasteiger charge is 2.00. The van der Waals surface area contributed by atoms with Crippen molar-refractivity contribution in [2.24, 2.45) is 0 Å². The van der Waals surface area contributed by atoms with Gasteiger partial charge in [-0.15, -0.1) is 0 Å². The lowest BCUT2D eigenvalue weighted by Crippen LogP contribution is -2.29. The van der Waals surface area contributed by atoms with Gasteiger partial charge in [-0.25, -0.2) is 9.78 Å². The summed E-state index contributed by atoms with van der Waals surface area (Å²) >= 11 is 0. The number of rotatable bonds is 2. The Morgan fingerprint density at radius 2 is 2.31 bits per heavy atom. The van der Waals surface area contributed by atoms with E-state index in [1.807, 2.05) is 19.1 Å². The quantitative estimate of drug-likeness (QED) is 0.634. The number of hydrogen-bond acceptors (Lipinski definition) is 3. The standard InChI is InChI=1S/C11H13N3O2/c1-9-5-4-6-10(13-9)14-11(16)12-7-2-3-8-15/h4-6,15H,7-8H2,1H3,(H2,12,13,14,16). The molecular weight excluding hydrogens is 206 g/mol. The van der Waals surface area contributed by atoms with Gasteiger partial charge < -0.3 is 10.4 Å². The number of nitrogens with zero attached hydrogens (tertiary/aromatic N) is 1. The van der Waals surface area contributed by atoms with E-state index in [0.717, 1.165) is 5.69 Å². The lowest BCUT2D eigenvalue weighted by molar-refractivity contribution is 0.253. The molecule has 3 N–H and O–H groups in total. The zero-order chi connectivity index (χ0) is 11.8. The number of hydrogen-bond donors (Lipinski definition) is 3. The molecule has 5 nitrogen and oxygen atoms in total. The second-order valence-corrected chi connectivity index (χ2v) is 2.98. The maximum absolute atomic E-state index is 11.3. The van der Waals surface area contributed by atoms with Crippen molar-refractivity contribution in [3.8, 4) is 11.8 Å². The Labute approximate surface area is 93.9 Å². The molecule has 0 saturated heterocycles. The van der Waals surface area contributed by atoms with E-state index >= 15 is 0 Å². The summed E-state index contributed by atoms with van der Waals surface area (Å²) in [6.07, 6.45) is 0. The number of aliphatic hydroxyl groups excluding tert-OH is 1. The first-order valence-corrected chi connectivity index (χ1v) is 4.77. The fourth-order valence-electron chi connectivity index (χ4n) is 1.02. The molecule has 0 radical (unpaired) electrons. The lowest BCUT2D eigenvalue weighted by Gasteiger charge is -2.04. The number of carbonyl (C=O) groups excluding carboxylic acids is 1. The lowest BCUT2D eigenvalue weighted by atomic mass is 10.4. The third-order valence-electron chi connectivity index (χ3n) is 1.67. The Bertz CT molecular complexity index is 421. The largest absolute Gasteiger partial charge is 0.384 e. The van der Waals surface area contributed by atoms with Crippen molar-refractivity contribution < 1.29 is 9.90 Å². The number of nitrogens with one attached hydrogen (secondary N) is 2. The molecule has 0 aliphatic carbocycles. The molecule has 1 aromatic heterocycles. The Morgan fingerprint density at radius 3 is 3.00 bits per heavy atom. The summed E-state index contributed by atoms with van der Waals surface area (Å²) in [5.74, 6) is 5.49. The summed E-state index contributed by atoms with van der Waals surface area (Å²) in [5.41, 5.74) is 0.831. The molecule has 0 unspecified atom stereocenters. The molecule has 0 aliphatic rings. The summed E-state index contributed by atoms with van der Waals surface area (Å²) in [6.45, 7) is 1.83. The minimum atomic E-state index is -0.370. The molecule has 0 aliphatic heterocycles. The second-order valence-electron chi connectivity index (χ2n) is 2.98. The van der Waals surface area contributed by atoms with Crippen molar-refractivity contribution in [3.05, 3.63) is 23.9 Å². The summed E-state index contributed by atoms with van der Waals surface area (Å²) < 4.78 is 0. The van der Waals surface area contributed by atoms with E-state index < -0.39 is 0 Å². The number of anilines is 1. The molecule has 1 aromatic rings. The second kappa shape index (κ2) is 6.43. The minimum Gasteiger partial charge on any atom is -0.384 e. The van der Waals surface area contributed by atoms with Crippen LogP contribution in [0.2, 0.25) is 0 Å². The third kappa shape index (κ3) is 4.44. The van der Waals surface area contributed by atoms with Gasteiger partial charge in [0.05, 0.1) is 6.54 Å². The number of amides is 2. The smallest absolute Gasteiger partial charge is 0.321 e. The van der Waals surface area contributed by atoms with Crippen LogP contribution in [-0.4, -0.2) is 29.3 Å². The average Bonchev–Trinajstić information content (AvgIpc) is 2.24. The zero-order valence-electron chi connectivity index (χ0n) is 8.95. The van der Waals surface area contributed by atoms with Gasteiger partial charge in [0.25, 0.3) is 0 Å². The Balaban J connectivity index is 2.40. The predicted molar refractivity (Wildman–Crippen MR) is 60.9 cm³/mol. The molecule has 2 amide bonds. The van der Waals surface area contributed by atoms with Crippen molar-refractivity contribution >= 4 is 11.8 Å². The van der Waals surface area contributed by atoms with Crippen LogP contribution >= 0.6 is 0 Å². The Hall–Kier alpha value is -2.06. The van der Waals surface area contributed by atoms with Gasteiger partial charge in [-0.2, -0.15) is 0 Å². The molecule has 0 fully saturated rings. The highest BCUT2D eigenvalue weighted by Crippen LogP contribution is 2.02. The number of carbonyl (C=O) groups is 1.